The first-order chi connectivity index (χ1) is 8.56. The normalized spacial score (nSPS) is 18.8. The molecule has 0 saturated carbocycles. The first-order valence-electron chi connectivity index (χ1n) is 6.00. The highest BCUT2D eigenvalue weighted by Gasteiger charge is 2.21. The van der Waals surface area contributed by atoms with Gasteiger partial charge in [-0.3, -0.25) is 0 Å². The molecule has 0 spiro atoms. The second kappa shape index (κ2) is 3.95. The van der Waals surface area contributed by atoms with Crippen molar-refractivity contribution in [1.82, 2.24) is 4.98 Å². The number of aromatic nitrogens is 1. The molecule has 5 heteroatoms. The Kier molecular flexibility index (Phi) is 2.52. The van der Waals surface area contributed by atoms with E-state index in [9.17, 15) is 4.79 Å². The lowest BCUT2D eigenvalue weighted by atomic mass is 9.87. The quantitative estimate of drug-likeness (QED) is 0.828. The molecule has 1 atom stereocenters. The van der Waals surface area contributed by atoms with Gasteiger partial charge < -0.3 is 10.8 Å². The number of hydrogen-bond acceptors (Lipinski definition) is 4. The molecule has 0 radical (unpaired) electrons. The van der Waals surface area contributed by atoms with E-state index in [1.807, 2.05) is 6.07 Å². The van der Waals surface area contributed by atoms with Crippen LogP contribution < -0.4 is 5.73 Å². The highest BCUT2D eigenvalue weighted by atomic mass is 32.1. The summed E-state index contributed by atoms with van der Waals surface area (Å²) < 4.78 is 0. The Bertz CT molecular complexity index is 648. The van der Waals surface area contributed by atoms with Crippen LogP contribution in [0.2, 0.25) is 0 Å². The fraction of sp³-hybridized carbons (Fsp3) is 0.385. The van der Waals surface area contributed by atoms with Crippen molar-refractivity contribution < 1.29 is 9.90 Å². The average Bonchev–Trinajstić information content (AvgIpc) is 2.64. The number of nitrogens with two attached hydrogens (primary N) is 1. The van der Waals surface area contributed by atoms with Gasteiger partial charge in [0.2, 0.25) is 0 Å². The van der Waals surface area contributed by atoms with Crippen molar-refractivity contribution in [2.75, 3.05) is 5.73 Å². The van der Waals surface area contributed by atoms with Gasteiger partial charge in [0.1, 0.15) is 9.71 Å². The van der Waals surface area contributed by atoms with E-state index in [4.69, 9.17) is 10.8 Å². The van der Waals surface area contributed by atoms with E-state index in [0.29, 0.717) is 11.6 Å². The van der Waals surface area contributed by atoms with Crippen LogP contribution in [0.1, 0.15) is 34.3 Å². The summed E-state index contributed by atoms with van der Waals surface area (Å²) in [6, 6.07) is 2.03. The molecule has 4 nitrogen and oxygen atoms in total. The minimum Gasteiger partial charge on any atom is -0.477 e. The van der Waals surface area contributed by atoms with Crippen LogP contribution in [0.5, 0.6) is 0 Å². The van der Waals surface area contributed by atoms with Crippen LogP contribution in [0.15, 0.2) is 6.07 Å². The second-order valence-corrected chi connectivity index (χ2v) is 5.94. The van der Waals surface area contributed by atoms with Gasteiger partial charge in [-0.05, 0) is 36.8 Å². The van der Waals surface area contributed by atoms with Crippen molar-refractivity contribution in [3.63, 3.8) is 0 Å². The van der Waals surface area contributed by atoms with Crippen LogP contribution in [-0.2, 0) is 12.8 Å². The monoisotopic (exact) mass is 262 g/mol. The molecule has 1 aliphatic carbocycles. The Labute approximate surface area is 108 Å². The number of pyridine rings is 1. The summed E-state index contributed by atoms with van der Waals surface area (Å²) in [5.41, 5.74) is 8.59. The van der Waals surface area contributed by atoms with E-state index in [1.54, 1.807) is 0 Å². The predicted octanol–water partition coefficient (Wildman–Crippen LogP) is 2.70. The Morgan fingerprint density at radius 2 is 2.39 bits per heavy atom. The maximum Gasteiger partial charge on any atom is 0.348 e. The number of anilines is 1. The molecule has 3 rings (SSSR count). The van der Waals surface area contributed by atoms with Crippen LogP contribution in [0.3, 0.4) is 0 Å². The lowest BCUT2D eigenvalue weighted by molar-refractivity contribution is 0.0703. The number of nitrogen functional groups attached to an aromatic ring is 1. The van der Waals surface area contributed by atoms with E-state index >= 15 is 0 Å². The van der Waals surface area contributed by atoms with Gasteiger partial charge in [-0.2, -0.15) is 0 Å². The number of fused-ring (bicyclic) bond motifs is 2. The van der Waals surface area contributed by atoms with E-state index in [1.165, 1.54) is 16.9 Å². The lowest BCUT2D eigenvalue weighted by Gasteiger charge is -2.20. The van der Waals surface area contributed by atoms with Crippen molar-refractivity contribution >= 4 is 33.2 Å². The minimum atomic E-state index is -0.971. The zero-order chi connectivity index (χ0) is 12.9. The van der Waals surface area contributed by atoms with Crippen molar-refractivity contribution in [2.45, 2.75) is 26.2 Å². The van der Waals surface area contributed by atoms with Crippen molar-refractivity contribution in [1.29, 1.82) is 0 Å². The topological polar surface area (TPSA) is 76.2 Å². The van der Waals surface area contributed by atoms with Crippen LogP contribution >= 0.6 is 11.3 Å². The van der Waals surface area contributed by atoms with Gasteiger partial charge in [0.05, 0.1) is 5.69 Å². The van der Waals surface area contributed by atoms with Gasteiger partial charge in [-0.15, -0.1) is 11.3 Å². The van der Waals surface area contributed by atoms with Crippen molar-refractivity contribution in [2.24, 2.45) is 5.92 Å². The fourth-order valence-electron chi connectivity index (χ4n) is 2.53. The van der Waals surface area contributed by atoms with Gasteiger partial charge in [0.25, 0.3) is 0 Å². The molecule has 0 fully saturated rings. The molecule has 18 heavy (non-hydrogen) atoms. The summed E-state index contributed by atoms with van der Waals surface area (Å²) in [4.78, 5) is 16.6. The van der Waals surface area contributed by atoms with Gasteiger partial charge in [-0.1, -0.05) is 6.92 Å². The molecular weight excluding hydrogens is 248 g/mol. The Balaban J connectivity index is 2.22. The molecule has 0 aromatic carbocycles. The summed E-state index contributed by atoms with van der Waals surface area (Å²) in [5, 5.41) is 9.87. The number of hydrogen-bond donors (Lipinski definition) is 2. The summed E-state index contributed by atoms with van der Waals surface area (Å²) in [6.07, 6.45) is 3.14. The molecule has 2 aromatic rings. The number of rotatable bonds is 1. The number of aryl methyl sites for hydroxylation is 1. The van der Waals surface area contributed by atoms with E-state index in [0.717, 1.165) is 35.2 Å². The number of thiophene rings is 1. The molecule has 2 aromatic heterocycles. The van der Waals surface area contributed by atoms with Crippen LogP contribution in [0, 0.1) is 5.92 Å². The first-order valence-corrected chi connectivity index (χ1v) is 6.82. The number of carboxylic acid groups (broad SMARTS) is 1. The van der Waals surface area contributed by atoms with Crippen LogP contribution in [0.25, 0.3) is 10.2 Å². The molecule has 3 N–H and O–H groups in total. The fourth-order valence-corrected chi connectivity index (χ4v) is 3.47. The number of aromatic carboxylic acids is 1. The molecule has 0 amide bonds. The van der Waals surface area contributed by atoms with Gasteiger partial charge in [0.15, 0.2) is 0 Å². The Morgan fingerprint density at radius 1 is 1.61 bits per heavy atom. The maximum atomic E-state index is 11.1. The van der Waals surface area contributed by atoms with Gasteiger partial charge in [-0.25, -0.2) is 9.78 Å². The summed E-state index contributed by atoms with van der Waals surface area (Å²) >= 11 is 1.17. The molecule has 0 unspecified atom stereocenters. The average molecular weight is 262 g/mol. The number of carbonyl (C=O) groups is 1. The molecule has 1 aliphatic rings. The van der Waals surface area contributed by atoms with Crippen molar-refractivity contribution in [3.8, 4) is 0 Å². The third-order valence-corrected chi connectivity index (χ3v) is 4.63. The van der Waals surface area contributed by atoms with E-state index in [2.05, 4.69) is 11.9 Å². The van der Waals surface area contributed by atoms with Gasteiger partial charge >= 0.3 is 5.97 Å². The highest BCUT2D eigenvalue weighted by Crippen LogP contribution is 2.36. The van der Waals surface area contributed by atoms with E-state index in [-0.39, 0.29) is 4.88 Å². The lowest BCUT2D eigenvalue weighted by Crippen LogP contribution is -2.12. The summed E-state index contributed by atoms with van der Waals surface area (Å²) in [7, 11) is 0. The maximum absolute atomic E-state index is 11.1. The molecule has 0 saturated heterocycles. The van der Waals surface area contributed by atoms with E-state index < -0.39 is 5.97 Å². The smallest absolute Gasteiger partial charge is 0.348 e. The largest absolute Gasteiger partial charge is 0.477 e. The van der Waals surface area contributed by atoms with Gasteiger partial charge in [0, 0.05) is 11.1 Å². The third kappa shape index (κ3) is 1.66. The van der Waals surface area contributed by atoms with Crippen LogP contribution in [0.4, 0.5) is 5.69 Å². The summed E-state index contributed by atoms with van der Waals surface area (Å²) in [6.45, 7) is 2.23. The second-order valence-electron chi connectivity index (χ2n) is 4.94. The highest BCUT2D eigenvalue weighted by molar-refractivity contribution is 7.21. The Hall–Kier alpha value is -1.62. The molecule has 2 heterocycles. The Morgan fingerprint density at radius 3 is 3.11 bits per heavy atom. The zero-order valence-corrected chi connectivity index (χ0v) is 10.9. The number of nitrogens with zero attached hydrogens (tertiary/aromatic N) is 1. The zero-order valence-electron chi connectivity index (χ0n) is 10.1. The molecule has 0 aliphatic heterocycles. The van der Waals surface area contributed by atoms with Crippen molar-refractivity contribution in [3.05, 3.63) is 22.2 Å². The summed E-state index contributed by atoms with van der Waals surface area (Å²) in [5.74, 6) is -0.308. The standard InChI is InChI=1S/C13H14N2O2S/c1-6-2-3-9-7(4-6)5-8-10(14)11(13(16)17)18-12(8)15-9/h5-6H,2-4,14H2,1H3,(H,16,17)/t6-/m0/s1. The third-order valence-electron chi connectivity index (χ3n) is 3.53. The predicted molar refractivity (Wildman–Crippen MR) is 72.2 cm³/mol. The minimum absolute atomic E-state index is 0.202. The SMILES string of the molecule is C[C@H]1CCc2nc3sc(C(=O)O)c(N)c3cc2C1. The number of carboxylic acids is 1. The molecule has 94 valence electrons. The van der Waals surface area contributed by atoms with Crippen LogP contribution in [-0.4, -0.2) is 16.1 Å². The molecular formula is C13H14N2O2S. The first kappa shape index (κ1) is 11.5. The molecule has 0 bridgehead atoms.